The Morgan fingerprint density at radius 3 is 2.30 bits per heavy atom. The van der Waals surface area contributed by atoms with Gasteiger partial charge in [-0.2, -0.15) is 5.26 Å². The van der Waals surface area contributed by atoms with Crippen LogP contribution in [-0.4, -0.2) is 62.0 Å². The molecule has 2 heterocycles. The lowest BCUT2D eigenvalue weighted by molar-refractivity contribution is -0.128. The van der Waals surface area contributed by atoms with E-state index in [9.17, 15) is 10.1 Å². The van der Waals surface area contributed by atoms with E-state index in [1.807, 2.05) is 23.1 Å². The summed E-state index contributed by atoms with van der Waals surface area (Å²) in [6, 6.07) is 20.8. The van der Waals surface area contributed by atoms with Gasteiger partial charge < -0.3 is 20.0 Å². The van der Waals surface area contributed by atoms with Gasteiger partial charge in [0.1, 0.15) is 11.6 Å². The number of likely N-dealkylation sites (N-methyl/N-ethyl adjacent to an activating group) is 1. The number of benzene rings is 2. The number of likely N-dealkylation sites (tertiary alicyclic amines) is 1. The predicted octanol–water partition coefficient (Wildman–Crippen LogP) is 3.74. The highest BCUT2D eigenvalue weighted by Crippen LogP contribution is 2.23. The Morgan fingerprint density at radius 1 is 1.00 bits per heavy atom. The van der Waals surface area contributed by atoms with Crippen LogP contribution in [0.3, 0.4) is 0 Å². The number of nitriles is 1. The molecule has 0 spiro atoms. The number of nitrogens with zero attached hydrogens (tertiary/aromatic N) is 4. The van der Waals surface area contributed by atoms with E-state index >= 15 is 0 Å². The van der Waals surface area contributed by atoms with Crippen molar-refractivity contribution in [3.8, 4) is 6.07 Å². The Morgan fingerprint density at radius 2 is 1.67 bits per heavy atom. The number of rotatable bonds is 6. The summed E-state index contributed by atoms with van der Waals surface area (Å²) in [5.74, 6) is 0.403. The second-order valence-electron chi connectivity index (χ2n) is 9.08. The molecule has 0 atom stereocenters. The maximum atomic E-state index is 12.9. The van der Waals surface area contributed by atoms with Gasteiger partial charge in [0.15, 0.2) is 0 Å². The molecule has 6 heteroatoms. The van der Waals surface area contributed by atoms with E-state index in [0.717, 1.165) is 51.1 Å². The van der Waals surface area contributed by atoms with Crippen LogP contribution in [0, 0.1) is 17.2 Å². The zero-order valence-corrected chi connectivity index (χ0v) is 19.4. The lowest BCUT2D eigenvalue weighted by Gasteiger charge is -2.34. The van der Waals surface area contributed by atoms with Crippen LogP contribution in [0.2, 0.25) is 0 Å². The molecule has 1 N–H and O–H groups in total. The summed E-state index contributed by atoms with van der Waals surface area (Å²) in [5.41, 5.74) is 3.57. The highest BCUT2D eigenvalue weighted by atomic mass is 16.2. The number of carbonyl (C=O) groups is 1. The van der Waals surface area contributed by atoms with Crippen molar-refractivity contribution >= 4 is 17.3 Å². The molecule has 2 fully saturated rings. The lowest BCUT2D eigenvalue weighted by atomic mass is 9.90. The van der Waals surface area contributed by atoms with Crippen LogP contribution in [0.4, 0.5) is 11.4 Å². The summed E-state index contributed by atoms with van der Waals surface area (Å²) in [4.78, 5) is 19.4. The SMILES string of the molecule is CN1CCN(c2ccc(N/C=C(/C#N)C(=O)N3CCC(Cc4ccccc4)CC3)cc2)CC1. The summed E-state index contributed by atoms with van der Waals surface area (Å²) in [6.07, 6.45) is 4.54. The monoisotopic (exact) mass is 443 g/mol. The van der Waals surface area contributed by atoms with Crippen molar-refractivity contribution in [3.63, 3.8) is 0 Å². The molecule has 0 aromatic heterocycles. The van der Waals surface area contributed by atoms with Crippen molar-refractivity contribution < 1.29 is 4.79 Å². The fourth-order valence-corrected chi connectivity index (χ4v) is 4.59. The van der Waals surface area contributed by atoms with Crippen molar-refractivity contribution in [2.45, 2.75) is 19.3 Å². The van der Waals surface area contributed by atoms with Crippen molar-refractivity contribution in [2.75, 3.05) is 56.5 Å². The Hall–Kier alpha value is -3.30. The first-order chi connectivity index (χ1) is 16.1. The number of hydrogen-bond donors (Lipinski definition) is 1. The van der Waals surface area contributed by atoms with Crippen LogP contribution in [0.1, 0.15) is 18.4 Å². The van der Waals surface area contributed by atoms with Crippen molar-refractivity contribution in [1.29, 1.82) is 5.26 Å². The van der Waals surface area contributed by atoms with Gasteiger partial charge in [0, 0.05) is 56.8 Å². The fraction of sp³-hybridized carbons (Fsp3) is 0.407. The number of hydrogen-bond acceptors (Lipinski definition) is 5. The lowest BCUT2D eigenvalue weighted by Crippen LogP contribution is -2.44. The Kier molecular flexibility index (Phi) is 7.64. The second kappa shape index (κ2) is 11.0. The molecule has 0 aliphatic carbocycles. The zero-order chi connectivity index (χ0) is 23.0. The van der Waals surface area contributed by atoms with Crippen molar-refractivity contribution in [1.82, 2.24) is 9.80 Å². The van der Waals surface area contributed by atoms with Gasteiger partial charge >= 0.3 is 0 Å². The molecule has 2 aliphatic heterocycles. The number of anilines is 2. The number of piperazine rings is 1. The highest BCUT2D eigenvalue weighted by molar-refractivity contribution is 5.97. The zero-order valence-electron chi connectivity index (χ0n) is 19.4. The van der Waals surface area contributed by atoms with Gasteiger partial charge in [-0.3, -0.25) is 4.79 Å². The van der Waals surface area contributed by atoms with Crippen LogP contribution >= 0.6 is 0 Å². The van der Waals surface area contributed by atoms with E-state index in [1.165, 1.54) is 11.3 Å². The number of nitrogens with one attached hydrogen (secondary N) is 1. The van der Waals surface area contributed by atoms with Crippen LogP contribution in [-0.2, 0) is 11.2 Å². The van der Waals surface area contributed by atoms with Gasteiger partial charge in [-0.15, -0.1) is 0 Å². The van der Waals surface area contributed by atoms with Crippen molar-refractivity contribution in [3.05, 3.63) is 71.9 Å². The molecule has 33 heavy (non-hydrogen) atoms. The minimum Gasteiger partial charge on any atom is -0.369 e. The standard InChI is InChI=1S/C27H33N5O/c1-30-15-17-31(18-16-30)26-9-7-25(8-10-26)29-21-24(20-28)27(33)32-13-11-23(12-14-32)19-22-5-3-2-4-6-22/h2-10,21,23,29H,11-19H2,1H3/b24-21-. The van der Waals surface area contributed by atoms with Crippen LogP contribution in [0.15, 0.2) is 66.4 Å². The third kappa shape index (κ3) is 6.15. The fourth-order valence-electron chi connectivity index (χ4n) is 4.59. The van der Waals surface area contributed by atoms with Crippen LogP contribution in [0.25, 0.3) is 0 Å². The van der Waals surface area contributed by atoms with Crippen LogP contribution in [0.5, 0.6) is 0 Å². The molecule has 2 aromatic carbocycles. The summed E-state index contributed by atoms with van der Waals surface area (Å²) < 4.78 is 0. The van der Waals surface area contributed by atoms with Gasteiger partial charge in [0.25, 0.3) is 5.91 Å². The number of carbonyl (C=O) groups excluding carboxylic acids is 1. The van der Waals surface area contributed by atoms with E-state index in [1.54, 1.807) is 6.20 Å². The molecule has 1 amide bonds. The third-order valence-electron chi connectivity index (χ3n) is 6.74. The molecule has 4 rings (SSSR count). The van der Waals surface area contributed by atoms with Crippen molar-refractivity contribution in [2.24, 2.45) is 5.92 Å². The molecular formula is C27H33N5O. The van der Waals surface area contributed by atoms with Gasteiger partial charge in [-0.1, -0.05) is 30.3 Å². The topological polar surface area (TPSA) is 62.6 Å². The van der Waals surface area contributed by atoms with E-state index in [0.29, 0.717) is 19.0 Å². The third-order valence-corrected chi connectivity index (χ3v) is 6.74. The average Bonchev–Trinajstić information content (AvgIpc) is 2.86. The molecule has 6 nitrogen and oxygen atoms in total. The highest BCUT2D eigenvalue weighted by Gasteiger charge is 2.25. The number of piperidine rings is 1. The first-order valence-electron chi connectivity index (χ1n) is 11.9. The summed E-state index contributed by atoms with van der Waals surface area (Å²) in [7, 11) is 2.15. The van der Waals surface area contributed by atoms with Crippen LogP contribution < -0.4 is 10.2 Å². The Bertz CT molecular complexity index is 979. The first-order valence-corrected chi connectivity index (χ1v) is 11.9. The predicted molar refractivity (Wildman–Crippen MR) is 133 cm³/mol. The minimum atomic E-state index is -0.183. The maximum absolute atomic E-state index is 12.9. The number of amides is 1. The summed E-state index contributed by atoms with van der Waals surface area (Å²) in [6.45, 7) is 5.60. The Labute approximate surface area is 197 Å². The smallest absolute Gasteiger partial charge is 0.266 e. The first kappa shape index (κ1) is 22.9. The molecule has 0 unspecified atom stereocenters. The second-order valence-corrected chi connectivity index (χ2v) is 9.08. The average molecular weight is 444 g/mol. The Balaban J connectivity index is 1.29. The molecule has 2 saturated heterocycles. The van der Waals surface area contributed by atoms with E-state index in [4.69, 9.17) is 0 Å². The van der Waals surface area contributed by atoms with E-state index in [2.05, 4.69) is 64.6 Å². The molecule has 0 bridgehead atoms. The van der Waals surface area contributed by atoms with Gasteiger partial charge in [-0.05, 0) is 62.1 Å². The minimum absolute atomic E-state index is 0.152. The molecule has 172 valence electrons. The van der Waals surface area contributed by atoms with E-state index in [-0.39, 0.29) is 11.5 Å². The molecule has 2 aliphatic rings. The molecule has 2 aromatic rings. The maximum Gasteiger partial charge on any atom is 0.266 e. The van der Waals surface area contributed by atoms with Gasteiger partial charge in [0.05, 0.1) is 0 Å². The molecular weight excluding hydrogens is 410 g/mol. The van der Waals surface area contributed by atoms with Gasteiger partial charge in [-0.25, -0.2) is 0 Å². The molecule has 0 radical (unpaired) electrons. The van der Waals surface area contributed by atoms with E-state index < -0.39 is 0 Å². The quantitative estimate of drug-likeness (QED) is 0.544. The molecule has 0 saturated carbocycles. The summed E-state index contributed by atoms with van der Waals surface area (Å²) >= 11 is 0. The summed E-state index contributed by atoms with van der Waals surface area (Å²) in [5, 5.41) is 12.7. The largest absolute Gasteiger partial charge is 0.369 e. The van der Waals surface area contributed by atoms with Gasteiger partial charge in [0.2, 0.25) is 0 Å². The normalized spacial score (nSPS) is 18.1.